The van der Waals surface area contributed by atoms with Crippen LogP contribution in [0.15, 0.2) is 71.6 Å². The third-order valence-electron chi connectivity index (χ3n) is 4.66. The van der Waals surface area contributed by atoms with Crippen LogP contribution in [0.1, 0.15) is 21.5 Å². The van der Waals surface area contributed by atoms with Crippen LogP contribution in [0, 0.1) is 6.92 Å². The molecule has 0 atom stereocenters. The van der Waals surface area contributed by atoms with Gasteiger partial charge in [-0.05, 0) is 48.6 Å². The zero-order chi connectivity index (χ0) is 20.4. The minimum atomic E-state index is -0.0717. The van der Waals surface area contributed by atoms with Crippen molar-refractivity contribution in [1.29, 1.82) is 0 Å². The van der Waals surface area contributed by atoms with Gasteiger partial charge in [0.2, 0.25) is 0 Å². The number of carbonyl (C=O) groups excluding carboxylic acids is 1. The van der Waals surface area contributed by atoms with E-state index in [0.29, 0.717) is 22.3 Å². The van der Waals surface area contributed by atoms with Gasteiger partial charge in [0, 0.05) is 10.5 Å². The van der Waals surface area contributed by atoms with E-state index >= 15 is 0 Å². The fourth-order valence-corrected chi connectivity index (χ4v) is 4.88. The van der Waals surface area contributed by atoms with Crippen molar-refractivity contribution < 1.29 is 4.79 Å². The summed E-state index contributed by atoms with van der Waals surface area (Å²) < 4.78 is 0.908. The Balaban J connectivity index is 1.81. The number of benzene rings is 3. The van der Waals surface area contributed by atoms with Crippen LogP contribution in [0.4, 0.5) is 5.13 Å². The Kier molecular flexibility index (Phi) is 5.90. The Labute approximate surface area is 183 Å². The van der Waals surface area contributed by atoms with Crippen molar-refractivity contribution in [1.82, 2.24) is 4.98 Å². The van der Waals surface area contributed by atoms with Gasteiger partial charge in [-0.1, -0.05) is 65.4 Å². The number of hydrogen-bond acceptors (Lipinski definition) is 4. The number of rotatable bonds is 5. The van der Waals surface area contributed by atoms with E-state index in [4.69, 9.17) is 16.6 Å². The second-order valence-electron chi connectivity index (χ2n) is 6.65. The molecule has 0 bridgehead atoms. The molecule has 0 aliphatic carbocycles. The first-order valence-corrected chi connectivity index (χ1v) is 11.5. The monoisotopic (exact) mass is 438 g/mol. The predicted molar refractivity (Wildman–Crippen MR) is 125 cm³/mol. The fourth-order valence-electron chi connectivity index (χ4n) is 3.11. The Morgan fingerprint density at radius 2 is 1.90 bits per heavy atom. The van der Waals surface area contributed by atoms with Gasteiger partial charge in [-0.2, -0.15) is 0 Å². The largest absolute Gasteiger partial charge is 0.279 e. The number of nitrogens with zero attached hydrogens (tertiary/aromatic N) is 2. The van der Waals surface area contributed by atoms with E-state index in [9.17, 15) is 4.79 Å². The minimum absolute atomic E-state index is 0.0717. The smallest absolute Gasteiger partial charge is 0.260 e. The van der Waals surface area contributed by atoms with E-state index in [0.717, 1.165) is 26.2 Å². The van der Waals surface area contributed by atoms with E-state index < -0.39 is 0 Å². The van der Waals surface area contributed by atoms with Crippen LogP contribution in [0.3, 0.4) is 0 Å². The van der Waals surface area contributed by atoms with Crippen LogP contribution in [-0.2, 0) is 6.54 Å². The van der Waals surface area contributed by atoms with Gasteiger partial charge < -0.3 is 0 Å². The number of halogens is 1. The molecule has 29 heavy (non-hydrogen) atoms. The second-order valence-corrected chi connectivity index (χ2v) is 8.91. The number of amides is 1. The minimum Gasteiger partial charge on any atom is -0.279 e. The van der Waals surface area contributed by atoms with Crippen LogP contribution >= 0.6 is 34.7 Å². The number of thioether (sulfide) groups is 1. The first kappa shape index (κ1) is 20.0. The van der Waals surface area contributed by atoms with E-state index in [1.54, 1.807) is 16.7 Å². The lowest BCUT2D eigenvalue weighted by molar-refractivity contribution is 0.0985. The van der Waals surface area contributed by atoms with Crippen molar-refractivity contribution in [3.05, 3.63) is 88.4 Å². The van der Waals surface area contributed by atoms with Gasteiger partial charge in [0.15, 0.2) is 5.13 Å². The van der Waals surface area contributed by atoms with E-state index in [1.165, 1.54) is 11.3 Å². The van der Waals surface area contributed by atoms with Gasteiger partial charge in [-0.15, -0.1) is 11.8 Å². The molecule has 0 radical (unpaired) electrons. The highest BCUT2D eigenvalue weighted by Gasteiger charge is 2.23. The molecule has 0 fully saturated rings. The molecule has 3 aromatic carbocycles. The van der Waals surface area contributed by atoms with Crippen molar-refractivity contribution in [3.8, 4) is 0 Å². The Hall–Kier alpha value is -2.34. The number of aryl methyl sites for hydroxylation is 1. The number of anilines is 1. The first-order valence-electron chi connectivity index (χ1n) is 9.12. The SMILES string of the molecule is CSc1cccc(C(=O)N(Cc2ccccc2)c2nc3c(C)ccc(Cl)c3s2)c1. The number of fused-ring (bicyclic) bond motifs is 1. The molecule has 0 aliphatic rings. The number of aromatic nitrogens is 1. The summed E-state index contributed by atoms with van der Waals surface area (Å²) in [5, 5.41) is 1.31. The van der Waals surface area contributed by atoms with Crippen LogP contribution in [0.25, 0.3) is 10.2 Å². The Morgan fingerprint density at radius 1 is 1.10 bits per heavy atom. The fraction of sp³-hybridized carbons (Fsp3) is 0.130. The molecule has 0 N–H and O–H groups in total. The zero-order valence-corrected chi connectivity index (χ0v) is 18.4. The normalized spacial score (nSPS) is 11.0. The van der Waals surface area contributed by atoms with Crippen LogP contribution in [0.5, 0.6) is 0 Å². The second kappa shape index (κ2) is 8.57. The zero-order valence-electron chi connectivity index (χ0n) is 16.1. The van der Waals surface area contributed by atoms with Crippen LogP contribution < -0.4 is 4.90 Å². The molecule has 0 spiro atoms. The quantitative estimate of drug-likeness (QED) is 0.320. The Bertz CT molecular complexity index is 1140. The van der Waals surface area contributed by atoms with Gasteiger partial charge in [0.25, 0.3) is 5.91 Å². The van der Waals surface area contributed by atoms with Gasteiger partial charge in [0.05, 0.1) is 21.8 Å². The van der Waals surface area contributed by atoms with Crippen molar-refractivity contribution >= 4 is 56.0 Å². The molecule has 0 saturated heterocycles. The molecule has 4 rings (SSSR count). The molecule has 0 aliphatic heterocycles. The molecule has 146 valence electrons. The summed E-state index contributed by atoms with van der Waals surface area (Å²) in [4.78, 5) is 21.1. The lowest BCUT2D eigenvalue weighted by Gasteiger charge is -2.20. The number of carbonyl (C=O) groups is 1. The van der Waals surface area contributed by atoms with Crippen molar-refractivity contribution in [2.75, 3.05) is 11.2 Å². The summed E-state index contributed by atoms with van der Waals surface area (Å²) >= 11 is 9.48. The molecular formula is C23H19ClN2OS2. The maximum atomic E-state index is 13.5. The van der Waals surface area contributed by atoms with Gasteiger partial charge in [0.1, 0.15) is 0 Å². The molecule has 0 saturated carbocycles. The first-order chi connectivity index (χ1) is 14.1. The van der Waals surface area contributed by atoms with Gasteiger partial charge in [-0.25, -0.2) is 4.98 Å². The van der Waals surface area contributed by atoms with Crippen LogP contribution in [-0.4, -0.2) is 17.1 Å². The van der Waals surface area contributed by atoms with Crippen LogP contribution in [0.2, 0.25) is 5.02 Å². The maximum Gasteiger partial charge on any atom is 0.260 e. The number of thiazole rings is 1. The highest BCUT2D eigenvalue weighted by Crippen LogP contribution is 2.36. The topological polar surface area (TPSA) is 33.2 Å². The number of hydrogen-bond donors (Lipinski definition) is 0. The van der Waals surface area contributed by atoms with Crippen molar-refractivity contribution in [3.63, 3.8) is 0 Å². The maximum absolute atomic E-state index is 13.5. The molecule has 3 nitrogen and oxygen atoms in total. The summed E-state index contributed by atoms with van der Waals surface area (Å²) in [6.45, 7) is 2.45. The molecule has 1 heterocycles. The van der Waals surface area contributed by atoms with E-state index in [-0.39, 0.29) is 5.91 Å². The lowest BCUT2D eigenvalue weighted by atomic mass is 10.1. The van der Waals surface area contributed by atoms with E-state index in [2.05, 4.69) is 0 Å². The van der Waals surface area contributed by atoms with Crippen molar-refractivity contribution in [2.24, 2.45) is 0 Å². The summed E-state index contributed by atoms with van der Waals surface area (Å²) in [7, 11) is 0. The molecule has 1 amide bonds. The summed E-state index contributed by atoms with van der Waals surface area (Å²) in [6.07, 6.45) is 2.00. The van der Waals surface area contributed by atoms with E-state index in [1.807, 2.05) is 79.9 Å². The highest BCUT2D eigenvalue weighted by atomic mass is 35.5. The van der Waals surface area contributed by atoms with Gasteiger partial charge >= 0.3 is 0 Å². The van der Waals surface area contributed by atoms with Gasteiger partial charge in [-0.3, -0.25) is 9.69 Å². The molecule has 4 aromatic rings. The van der Waals surface area contributed by atoms with Crippen molar-refractivity contribution in [2.45, 2.75) is 18.4 Å². The molecule has 6 heteroatoms. The standard InChI is InChI=1S/C23H19ClN2OS2/c1-15-11-12-19(24)21-20(15)25-23(29-21)26(14-16-7-4-3-5-8-16)22(27)17-9-6-10-18(13-17)28-2/h3-13H,14H2,1-2H3. The third-order valence-corrected chi connectivity index (χ3v) is 6.93. The molecular weight excluding hydrogens is 420 g/mol. The third kappa shape index (κ3) is 4.17. The lowest BCUT2D eigenvalue weighted by Crippen LogP contribution is -2.30. The summed E-state index contributed by atoms with van der Waals surface area (Å²) in [6, 6.07) is 21.5. The Morgan fingerprint density at radius 3 is 2.62 bits per heavy atom. The molecule has 1 aromatic heterocycles. The average Bonchev–Trinajstić information content (AvgIpc) is 3.21. The predicted octanol–water partition coefficient (Wildman–Crippen LogP) is 6.83. The average molecular weight is 439 g/mol. The molecule has 0 unspecified atom stereocenters. The highest BCUT2D eigenvalue weighted by molar-refractivity contribution is 7.98. The summed E-state index contributed by atoms with van der Waals surface area (Å²) in [5.41, 5.74) is 3.59. The summed E-state index contributed by atoms with van der Waals surface area (Å²) in [5.74, 6) is -0.0717.